The molecule has 4 rings (SSSR count). The van der Waals surface area contributed by atoms with Crippen LogP contribution in [0.5, 0.6) is 5.75 Å². The molecule has 1 fully saturated rings. The minimum absolute atomic E-state index is 0.111. The lowest BCUT2D eigenvalue weighted by Crippen LogP contribution is -2.38. The first-order chi connectivity index (χ1) is 13.7. The van der Waals surface area contributed by atoms with Gasteiger partial charge in [0.25, 0.3) is 0 Å². The van der Waals surface area contributed by atoms with E-state index in [4.69, 9.17) is 9.47 Å². The first-order valence-corrected chi connectivity index (χ1v) is 9.40. The molecule has 28 heavy (non-hydrogen) atoms. The van der Waals surface area contributed by atoms with E-state index in [2.05, 4.69) is 16.0 Å². The number of methoxy groups -OCH3 is 1. The number of ether oxygens (including phenoxy) is 2. The van der Waals surface area contributed by atoms with Crippen LogP contribution in [0.3, 0.4) is 0 Å². The summed E-state index contributed by atoms with van der Waals surface area (Å²) in [6.45, 7) is 2.67. The number of pyridine rings is 1. The molecule has 1 aliphatic heterocycles. The molecule has 1 unspecified atom stereocenters. The smallest absolute Gasteiger partial charge is 0.127 e. The summed E-state index contributed by atoms with van der Waals surface area (Å²) in [7, 11) is 1.66. The summed E-state index contributed by atoms with van der Waals surface area (Å²) < 4.78 is 25.2. The Morgan fingerprint density at radius 1 is 1.11 bits per heavy atom. The molecule has 0 amide bonds. The lowest BCUT2D eigenvalue weighted by Gasteiger charge is -2.32. The minimum atomic E-state index is -0.161. The molecule has 4 nitrogen and oxygen atoms in total. The van der Waals surface area contributed by atoms with E-state index in [0.29, 0.717) is 25.3 Å². The Morgan fingerprint density at radius 2 is 2.00 bits per heavy atom. The first kappa shape index (κ1) is 18.6. The molecule has 1 aliphatic rings. The zero-order chi connectivity index (χ0) is 19.3. The average Bonchev–Trinajstić information content (AvgIpc) is 2.76. The lowest BCUT2D eigenvalue weighted by molar-refractivity contribution is -0.0352. The van der Waals surface area contributed by atoms with Crippen LogP contribution in [0.15, 0.2) is 66.9 Å². The third-order valence-corrected chi connectivity index (χ3v) is 5.02. The molecule has 0 spiro atoms. The second kappa shape index (κ2) is 8.50. The standard InChI is InChI=1S/C23H23FN2O2/c1-27-20-7-4-6-17(13-20)18-9-10-22(25-14-18)23-16-26(11-12-28-23)15-19-5-2-3-8-21(19)24/h2-10,13-14,23H,11-12,15-16H2,1H3. The van der Waals surface area contributed by atoms with Crippen molar-refractivity contribution in [3.63, 3.8) is 0 Å². The minimum Gasteiger partial charge on any atom is -0.497 e. The van der Waals surface area contributed by atoms with Crippen molar-refractivity contribution in [3.05, 3.63) is 83.9 Å². The summed E-state index contributed by atoms with van der Waals surface area (Å²) in [5, 5.41) is 0. The van der Waals surface area contributed by atoms with Gasteiger partial charge in [0.1, 0.15) is 17.7 Å². The molecule has 2 heterocycles. The van der Waals surface area contributed by atoms with Crippen LogP contribution in [0.2, 0.25) is 0 Å². The molecule has 1 aromatic heterocycles. The van der Waals surface area contributed by atoms with Crippen molar-refractivity contribution in [3.8, 4) is 16.9 Å². The number of hydrogen-bond donors (Lipinski definition) is 0. The average molecular weight is 378 g/mol. The highest BCUT2D eigenvalue weighted by atomic mass is 19.1. The van der Waals surface area contributed by atoms with E-state index in [9.17, 15) is 4.39 Å². The molecular formula is C23H23FN2O2. The van der Waals surface area contributed by atoms with Crippen LogP contribution in [0.4, 0.5) is 4.39 Å². The fraction of sp³-hybridized carbons (Fsp3) is 0.261. The molecule has 5 heteroatoms. The van der Waals surface area contributed by atoms with Gasteiger partial charge in [-0.2, -0.15) is 0 Å². The largest absolute Gasteiger partial charge is 0.497 e. The predicted molar refractivity (Wildman–Crippen MR) is 107 cm³/mol. The van der Waals surface area contributed by atoms with Crippen LogP contribution in [0.25, 0.3) is 11.1 Å². The summed E-state index contributed by atoms with van der Waals surface area (Å²) in [6, 6.07) is 18.9. The van der Waals surface area contributed by atoms with E-state index >= 15 is 0 Å². The maximum atomic E-state index is 13.9. The van der Waals surface area contributed by atoms with Crippen molar-refractivity contribution < 1.29 is 13.9 Å². The maximum absolute atomic E-state index is 13.9. The second-order valence-corrected chi connectivity index (χ2v) is 6.89. The van der Waals surface area contributed by atoms with Gasteiger partial charge in [0.05, 0.1) is 19.4 Å². The van der Waals surface area contributed by atoms with E-state index in [-0.39, 0.29) is 11.9 Å². The number of benzene rings is 2. The number of morpholine rings is 1. The van der Waals surface area contributed by atoms with E-state index in [1.54, 1.807) is 13.2 Å². The summed E-state index contributed by atoms with van der Waals surface area (Å²) in [5.74, 6) is 0.660. The SMILES string of the molecule is COc1cccc(-c2ccc(C3CN(Cc4ccccc4F)CCO3)nc2)c1. The molecule has 0 radical (unpaired) electrons. The number of aromatic nitrogens is 1. The molecule has 0 bridgehead atoms. The zero-order valence-corrected chi connectivity index (χ0v) is 15.8. The van der Waals surface area contributed by atoms with Crippen LogP contribution < -0.4 is 4.74 Å². The van der Waals surface area contributed by atoms with Crippen LogP contribution in [0.1, 0.15) is 17.4 Å². The monoisotopic (exact) mass is 378 g/mol. The number of halogens is 1. The molecule has 1 saturated heterocycles. The van der Waals surface area contributed by atoms with Crippen molar-refractivity contribution in [2.75, 3.05) is 26.8 Å². The van der Waals surface area contributed by atoms with Gasteiger partial charge in [-0.3, -0.25) is 9.88 Å². The summed E-state index contributed by atoms with van der Waals surface area (Å²) in [5.41, 5.74) is 3.69. The molecule has 0 saturated carbocycles. The Balaban J connectivity index is 1.45. The molecule has 2 aromatic carbocycles. The topological polar surface area (TPSA) is 34.6 Å². The lowest BCUT2D eigenvalue weighted by atomic mass is 10.1. The zero-order valence-electron chi connectivity index (χ0n) is 15.8. The first-order valence-electron chi connectivity index (χ1n) is 9.40. The van der Waals surface area contributed by atoms with E-state index < -0.39 is 0 Å². The Bertz CT molecular complexity index is 930. The second-order valence-electron chi connectivity index (χ2n) is 6.89. The quantitative estimate of drug-likeness (QED) is 0.656. The molecule has 0 aliphatic carbocycles. The molecule has 0 N–H and O–H groups in total. The van der Waals surface area contributed by atoms with Gasteiger partial charge in [-0.05, 0) is 29.8 Å². The van der Waals surface area contributed by atoms with Crippen LogP contribution in [-0.4, -0.2) is 36.7 Å². The van der Waals surface area contributed by atoms with E-state index in [0.717, 1.165) is 29.1 Å². The van der Waals surface area contributed by atoms with Gasteiger partial charge in [-0.25, -0.2) is 4.39 Å². The Hall–Kier alpha value is -2.76. The number of rotatable bonds is 5. The van der Waals surface area contributed by atoms with Crippen LogP contribution >= 0.6 is 0 Å². The van der Waals surface area contributed by atoms with Gasteiger partial charge in [0, 0.05) is 37.0 Å². The fourth-order valence-electron chi connectivity index (χ4n) is 3.46. The van der Waals surface area contributed by atoms with Crippen molar-refractivity contribution >= 4 is 0 Å². The van der Waals surface area contributed by atoms with Gasteiger partial charge in [0.2, 0.25) is 0 Å². The van der Waals surface area contributed by atoms with Crippen molar-refractivity contribution in [2.45, 2.75) is 12.6 Å². The van der Waals surface area contributed by atoms with Gasteiger partial charge in [0.15, 0.2) is 0 Å². The number of nitrogens with zero attached hydrogens (tertiary/aromatic N) is 2. The van der Waals surface area contributed by atoms with Crippen molar-refractivity contribution in [1.82, 2.24) is 9.88 Å². The Kier molecular flexibility index (Phi) is 5.65. The predicted octanol–water partition coefficient (Wildman–Crippen LogP) is 4.47. The third-order valence-electron chi connectivity index (χ3n) is 5.02. The Labute approximate surface area is 164 Å². The summed E-state index contributed by atoms with van der Waals surface area (Å²) in [6.07, 6.45) is 1.75. The van der Waals surface area contributed by atoms with Crippen LogP contribution in [-0.2, 0) is 11.3 Å². The van der Waals surface area contributed by atoms with Gasteiger partial charge < -0.3 is 9.47 Å². The normalized spacial score (nSPS) is 17.4. The summed E-state index contributed by atoms with van der Waals surface area (Å²) in [4.78, 5) is 6.84. The van der Waals surface area contributed by atoms with Gasteiger partial charge >= 0.3 is 0 Å². The molecule has 3 aromatic rings. The highest BCUT2D eigenvalue weighted by Crippen LogP contribution is 2.26. The van der Waals surface area contributed by atoms with Gasteiger partial charge in [-0.15, -0.1) is 0 Å². The maximum Gasteiger partial charge on any atom is 0.127 e. The van der Waals surface area contributed by atoms with Crippen molar-refractivity contribution in [1.29, 1.82) is 0 Å². The van der Waals surface area contributed by atoms with E-state index in [1.807, 2.05) is 48.7 Å². The molecule has 1 atom stereocenters. The highest BCUT2D eigenvalue weighted by Gasteiger charge is 2.23. The van der Waals surface area contributed by atoms with Gasteiger partial charge in [-0.1, -0.05) is 36.4 Å². The number of hydrogen-bond acceptors (Lipinski definition) is 4. The third kappa shape index (κ3) is 4.21. The fourth-order valence-corrected chi connectivity index (χ4v) is 3.46. The molecular weight excluding hydrogens is 355 g/mol. The van der Waals surface area contributed by atoms with E-state index in [1.165, 1.54) is 6.07 Å². The Morgan fingerprint density at radius 3 is 2.79 bits per heavy atom. The highest BCUT2D eigenvalue weighted by molar-refractivity contribution is 5.64. The molecule has 144 valence electrons. The van der Waals surface area contributed by atoms with Crippen molar-refractivity contribution in [2.24, 2.45) is 0 Å². The van der Waals surface area contributed by atoms with Crippen LogP contribution in [0, 0.1) is 5.82 Å². The summed E-state index contributed by atoms with van der Waals surface area (Å²) >= 11 is 0.